The summed E-state index contributed by atoms with van der Waals surface area (Å²) in [7, 11) is 3.35. The molecule has 0 radical (unpaired) electrons. The molecule has 0 aliphatic heterocycles. The zero-order chi connectivity index (χ0) is 16.3. The van der Waals surface area contributed by atoms with Gasteiger partial charge in [0.25, 0.3) is 11.6 Å². The summed E-state index contributed by atoms with van der Waals surface area (Å²) in [6, 6.07) is 8.27. The first kappa shape index (κ1) is 16.4. The molecule has 0 bridgehead atoms. The largest absolute Gasteiger partial charge is 0.369 e. The second-order valence-corrected chi connectivity index (χ2v) is 7.15. The molecule has 1 aromatic carbocycles. The van der Waals surface area contributed by atoms with Crippen LogP contribution in [-0.4, -0.2) is 24.9 Å². The molecule has 0 aliphatic rings. The summed E-state index contributed by atoms with van der Waals surface area (Å²) in [5.74, 6) is -0.349. The smallest absolute Gasteiger partial charge is 0.270 e. The fraction of sp³-hybridized carbons (Fsp3) is 0.214. The van der Waals surface area contributed by atoms with Crippen LogP contribution in [0.25, 0.3) is 0 Å². The number of benzene rings is 1. The van der Waals surface area contributed by atoms with Crippen LogP contribution in [0.4, 0.5) is 11.4 Å². The third-order valence-corrected chi connectivity index (χ3v) is 4.70. The molecule has 2 rings (SSSR count). The van der Waals surface area contributed by atoms with Gasteiger partial charge in [-0.2, -0.15) is 0 Å². The Bertz CT molecular complexity index is 717. The molecule has 1 aromatic heterocycles. The van der Waals surface area contributed by atoms with Crippen LogP contribution in [-0.2, 0) is 6.54 Å². The van der Waals surface area contributed by atoms with E-state index in [1.54, 1.807) is 17.4 Å². The molecule has 8 heteroatoms. The minimum Gasteiger partial charge on any atom is -0.369 e. The maximum Gasteiger partial charge on any atom is 0.270 e. The first-order valence-electron chi connectivity index (χ1n) is 6.38. The minimum absolute atomic E-state index is 0.102. The van der Waals surface area contributed by atoms with Crippen molar-refractivity contribution < 1.29 is 9.72 Å². The van der Waals surface area contributed by atoms with Crippen LogP contribution in [0.2, 0.25) is 0 Å². The van der Waals surface area contributed by atoms with Gasteiger partial charge in [0.05, 0.1) is 26.5 Å². The molecular formula is C14H14BrN3O3S. The highest BCUT2D eigenvalue weighted by atomic mass is 79.9. The summed E-state index contributed by atoms with van der Waals surface area (Å²) in [5.41, 5.74) is 0.832. The van der Waals surface area contributed by atoms with E-state index in [2.05, 4.69) is 21.2 Å². The molecule has 22 heavy (non-hydrogen) atoms. The Hall–Kier alpha value is -1.93. The van der Waals surface area contributed by atoms with Gasteiger partial charge in [-0.15, -0.1) is 11.3 Å². The molecule has 6 nitrogen and oxygen atoms in total. The Labute approximate surface area is 140 Å². The fourth-order valence-corrected chi connectivity index (χ4v) is 3.58. The number of anilines is 1. The first-order valence-corrected chi connectivity index (χ1v) is 7.99. The van der Waals surface area contributed by atoms with Gasteiger partial charge in [0.2, 0.25) is 0 Å². The molecule has 1 heterocycles. The summed E-state index contributed by atoms with van der Waals surface area (Å²) in [5, 5.41) is 13.4. The molecule has 0 fully saturated rings. The molecule has 1 N–H and O–H groups in total. The highest BCUT2D eigenvalue weighted by Crippen LogP contribution is 2.28. The summed E-state index contributed by atoms with van der Waals surface area (Å²) in [6.07, 6.45) is 0. The number of hydrogen-bond donors (Lipinski definition) is 1. The Morgan fingerprint density at radius 2 is 2.14 bits per heavy atom. The van der Waals surface area contributed by atoms with Crippen LogP contribution >= 0.6 is 27.3 Å². The summed E-state index contributed by atoms with van der Waals surface area (Å²) < 4.78 is 1.03. The number of carbonyl (C=O) groups excluding carboxylic acids is 1. The van der Waals surface area contributed by atoms with Gasteiger partial charge in [0, 0.05) is 31.1 Å². The molecule has 0 spiro atoms. The SMILES string of the molecule is CNC(=O)c1cc([N+](=O)[O-])ccc1N(C)Cc1ccc(Br)s1. The Balaban J connectivity index is 2.35. The van der Waals surface area contributed by atoms with E-state index in [1.807, 2.05) is 24.1 Å². The monoisotopic (exact) mass is 383 g/mol. The molecule has 0 aliphatic carbocycles. The standard InChI is InChI=1S/C14H14BrN3O3S/c1-16-14(19)11-7-9(18(20)21)3-5-12(11)17(2)8-10-4-6-13(15)22-10/h3-7H,8H2,1-2H3,(H,16,19). The summed E-state index contributed by atoms with van der Waals surface area (Å²) in [4.78, 5) is 25.4. The predicted molar refractivity (Wildman–Crippen MR) is 90.6 cm³/mol. The van der Waals surface area contributed by atoms with Gasteiger partial charge in [-0.3, -0.25) is 14.9 Å². The number of nitrogens with one attached hydrogen (secondary N) is 1. The molecule has 0 atom stereocenters. The van der Waals surface area contributed by atoms with E-state index in [1.165, 1.54) is 19.2 Å². The number of nitro benzene ring substituents is 1. The number of rotatable bonds is 5. The average Bonchev–Trinajstić information content (AvgIpc) is 2.90. The van der Waals surface area contributed by atoms with E-state index in [0.717, 1.165) is 8.66 Å². The highest BCUT2D eigenvalue weighted by Gasteiger charge is 2.18. The Morgan fingerprint density at radius 3 is 2.68 bits per heavy atom. The van der Waals surface area contributed by atoms with Gasteiger partial charge < -0.3 is 10.2 Å². The second-order valence-electron chi connectivity index (χ2n) is 4.60. The second kappa shape index (κ2) is 6.89. The van der Waals surface area contributed by atoms with Crippen molar-refractivity contribution in [1.29, 1.82) is 0 Å². The van der Waals surface area contributed by atoms with Crippen LogP contribution in [0.15, 0.2) is 34.1 Å². The topological polar surface area (TPSA) is 75.5 Å². The molecule has 0 unspecified atom stereocenters. The Morgan fingerprint density at radius 1 is 1.41 bits per heavy atom. The number of nitrogens with zero attached hydrogens (tertiary/aromatic N) is 2. The van der Waals surface area contributed by atoms with Crippen molar-refractivity contribution in [2.24, 2.45) is 0 Å². The van der Waals surface area contributed by atoms with Crippen molar-refractivity contribution in [1.82, 2.24) is 5.32 Å². The summed E-state index contributed by atoms with van der Waals surface area (Å²) >= 11 is 5.02. The fourth-order valence-electron chi connectivity index (χ4n) is 2.04. The zero-order valence-corrected chi connectivity index (χ0v) is 14.4. The van der Waals surface area contributed by atoms with E-state index in [9.17, 15) is 14.9 Å². The molecule has 0 saturated carbocycles. The molecule has 1 amide bonds. The maximum atomic E-state index is 12.0. The van der Waals surface area contributed by atoms with Gasteiger partial charge in [0.15, 0.2) is 0 Å². The van der Waals surface area contributed by atoms with Crippen molar-refractivity contribution in [3.63, 3.8) is 0 Å². The lowest BCUT2D eigenvalue weighted by atomic mass is 10.1. The molecule has 116 valence electrons. The van der Waals surface area contributed by atoms with E-state index < -0.39 is 4.92 Å². The van der Waals surface area contributed by atoms with Crippen LogP contribution in [0, 0.1) is 10.1 Å². The van der Waals surface area contributed by atoms with Crippen molar-refractivity contribution in [2.75, 3.05) is 19.0 Å². The van der Waals surface area contributed by atoms with E-state index in [-0.39, 0.29) is 17.2 Å². The van der Waals surface area contributed by atoms with E-state index in [4.69, 9.17) is 0 Å². The van der Waals surface area contributed by atoms with Gasteiger partial charge >= 0.3 is 0 Å². The van der Waals surface area contributed by atoms with E-state index in [0.29, 0.717) is 12.2 Å². The Kier molecular flexibility index (Phi) is 5.15. The number of thiophene rings is 1. The van der Waals surface area contributed by atoms with Crippen molar-refractivity contribution >= 4 is 44.5 Å². The maximum absolute atomic E-state index is 12.0. The zero-order valence-electron chi connectivity index (χ0n) is 12.0. The lowest BCUT2D eigenvalue weighted by molar-refractivity contribution is -0.384. The van der Waals surface area contributed by atoms with Crippen LogP contribution in [0.3, 0.4) is 0 Å². The molecule has 2 aromatic rings. The first-order chi connectivity index (χ1) is 10.4. The number of hydrogen-bond acceptors (Lipinski definition) is 5. The van der Waals surface area contributed by atoms with Gasteiger partial charge in [-0.05, 0) is 34.1 Å². The lowest BCUT2D eigenvalue weighted by Gasteiger charge is -2.21. The van der Waals surface area contributed by atoms with Crippen LogP contribution in [0.1, 0.15) is 15.2 Å². The third kappa shape index (κ3) is 3.63. The normalized spacial score (nSPS) is 10.3. The van der Waals surface area contributed by atoms with Gasteiger partial charge in [-0.1, -0.05) is 0 Å². The number of nitro groups is 1. The number of carbonyl (C=O) groups is 1. The molecule has 0 saturated heterocycles. The number of non-ortho nitro benzene ring substituents is 1. The minimum atomic E-state index is -0.507. The van der Waals surface area contributed by atoms with Crippen LogP contribution in [0.5, 0.6) is 0 Å². The average molecular weight is 384 g/mol. The number of halogens is 1. The van der Waals surface area contributed by atoms with Gasteiger partial charge in [0.1, 0.15) is 0 Å². The third-order valence-electron chi connectivity index (χ3n) is 3.10. The predicted octanol–water partition coefficient (Wildman–Crippen LogP) is 3.41. The van der Waals surface area contributed by atoms with Crippen molar-refractivity contribution in [3.05, 3.63) is 54.7 Å². The van der Waals surface area contributed by atoms with Crippen LogP contribution < -0.4 is 10.2 Å². The van der Waals surface area contributed by atoms with E-state index >= 15 is 0 Å². The number of amides is 1. The lowest BCUT2D eigenvalue weighted by Crippen LogP contribution is -2.24. The van der Waals surface area contributed by atoms with Gasteiger partial charge in [-0.25, -0.2) is 0 Å². The van der Waals surface area contributed by atoms with Crippen molar-refractivity contribution in [2.45, 2.75) is 6.54 Å². The highest BCUT2D eigenvalue weighted by molar-refractivity contribution is 9.11. The quantitative estimate of drug-likeness (QED) is 0.633. The molecular weight excluding hydrogens is 370 g/mol. The summed E-state index contributed by atoms with van der Waals surface area (Å²) in [6.45, 7) is 0.609. The van der Waals surface area contributed by atoms with Crippen molar-refractivity contribution in [3.8, 4) is 0 Å².